The molecule has 0 aliphatic carbocycles. The molecule has 0 aromatic heterocycles. The molecule has 4 heteroatoms. The summed E-state index contributed by atoms with van der Waals surface area (Å²) >= 11 is 0. The summed E-state index contributed by atoms with van der Waals surface area (Å²) in [7, 11) is 0. The van der Waals surface area contributed by atoms with Crippen LogP contribution in [0.25, 0.3) is 0 Å². The fraction of sp³-hybridized carbons (Fsp3) is 0.240. The number of urea groups is 1. The average Bonchev–Trinajstić information content (AvgIpc) is 2.75. The lowest BCUT2D eigenvalue weighted by Crippen LogP contribution is -2.43. The molecule has 0 spiro atoms. The number of carbonyl (C=O) groups is 1. The summed E-state index contributed by atoms with van der Waals surface area (Å²) in [6.45, 7) is 5.23. The fourth-order valence-electron chi connectivity index (χ4n) is 3.93. The maximum Gasteiger partial charge on any atom is 0.322 e. The number of para-hydroxylation sites is 2. The Bertz CT molecular complexity index is 998. The van der Waals surface area contributed by atoms with Gasteiger partial charge in [-0.2, -0.15) is 0 Å². The minimum atomic E-state index is -0.114. The maximum absolute atomic E-state index is 13.3. The minimum Gasteiger partial charge on any atom is -0.492 e. The zero-order chi connectivity index (χ0) is 20.2. The molecule has 1 aliphatic rings. The maximum atomic E-state index is 13.3. The minimum absolute atomic E-state index is 0.111. The highest BCUT2D eigenvalue weighted by Crippen LogP contribution is 2.36. The first-order chi connectivity index (χ1) is 14.2. The second-order valence-corrected chi connectivity index (χ2v) is 7.31. The Balaban J connectivity index is 1.68. The van der Waals surface area contributed by atoms with E-state index < -0.39 is 0 Å². The number of amides is 2. The summed E-state index contributed by atoms with van der Waals surface area (Å²) in [5, 5.41) is 3.07. The highest BCUT2D eigenvalue weighted by atomic mass is 16.5. The number of benzene rings is 3. The predicted octanol–water partition coefficient (Wildman–Crippen LogP) is 5.57. The average molecular weight is 386 g/mol. The SMILES string of the molecule is CCOc1ccccc1NC(=O)N1CCc2ccccc2C1c1ccc(C)cc1. The summed E-state index contributed by atoms with van der Waals surface area (Å²) in [6.07, 6.45) is 0.846. The normalized spacial score (nSPS) is 15.5. The largest absolute Gasteiger partial charge is 0.492 e. The zero-order valence-electron chi connectivity index (χ0n) is 16.9. The van der Waals surface area contributed by atoms with Gasteiger partial charge in [0.25, 0.3) is 0 Å². The van der Waals surface area contributed by atoms with Gasteiger partial charge in [0.05, 0.1) is 18.3 Å². The third kappa shape index (κ3) is 3.97. The molecule has 0 fully saturated rings. The third-order valence-electron chi connectivity index (χ3n) is 5.37. The molecule has 1 atom stereocenters. The van der Waals surface area contributed by atoms with E-state index in [2.05, 4.69) is 54.7 Å². The number of fused-ring (bicyclic) bond motifs is 1. The van der Waals surface area contributed by atoms with E-state index in [1.165, 1.54) is 16.7 Å². The van der Waals surface area contributed by atoms with Crippen LogP contribution in [0.15, 0.2) is 72.8 Å². The lowest BCUT2D eigenvalue weighted by molar-refractivity contribution is 0.194. The van der Waals surface area contributed by atoms with Gasteiger partial charge in [0.2, 0.25) is 0 Å². The molecule has 4 nitrogen and oxygen atoms in total. The number of anilines is 1. The van der Waals surface area contributed by atoms with Crippen molar-refractivity contribution in [2.45, 2.75) is 26.3 Å². The van der Waals surface area contributed by atoms with Crippen LogP contribution in [-0.4, -0.2) is 24.1 Å². The molecule has 1 aliphatic heterocycles. The molecule has 0 bridgehead atoms. The summed E-state index contributed by atoms with van der Waals surface area (Å²) in [4.78, 5) is 15.3. The van der Waals surface area contributed by atoms with E-state index >= 15 is 0 Å². The van der Waals surface area contributed by atoms with Crippen LogP contribution in [0.2, 0.25) is 0 Å². The van der Waals surface area contributed by atoms with Crippen molar-refractivity contribution >= 4 is 11.7 Å². The van der Waals surface area contributed by atoms with Gasteiger partial charge >= 0.3 is 6.03 Å². The van der Waals surface area contributed by atoms with E-state index in [0.717, 1.165) is 12.0 Å². The Kier molecular flexibility index (Phi) is 5.52. The molecule has 1 heterocycles. The molecule has 1 unspecified atom stereocenters. The van der Waals surface area contributed by atoms with Crippen molar-refractivity contribution < 1.29 is 9.53 Å². The standard InChI is InChI=1S/C25H26N2O2/c1-3-29-23-11-7-6-10-22(23)26-25(28)27-17-16-19-8-4-5-9-21(19)24(27)20-14-12-18(2)13-15-20/h4-15,24H,3,16-17H2,1-2H3,(H,26,28). The molecule has 29 heavy (non-hydrogen) atoms. The predicted molar refractivity (Wildman–Crippen MR) is 117 cm³/mol. The summed E-state index contributed by atoms with van der Waals surface area (Å²) in [5.74, 6) is 0.688. The fourth-order valence-corrected chi connectivity index (χ4v) is 3.93. The van der Waals surface area contributed by atoms with Gasteiger partial charge in [-0.15, -0.1) is 0 Å². The Morgan fingerprint density at radius 2 is 1.76 bits per heavy atom. The third-order valence-corrected chi connectivity index (χ3v) is 5.37. The van der Waals surface area contributed by atoms with Crippen LogP contribution in [0.3, 0.4) is 0 Å². The molecule has 0 radical (unpaired) electrons. The Morgan fingerprint density at radius 3 is 2.55 bits per heavy atom. The van der Waals surface area contributed by atoms with E-state index in [9.17, 15) is 4.79 Å². The van der Waals surface area contributed by atoms with Gasteiger partial charge in [0, 0.05) is 6.54 Å². The first-order valence-electron chi connectivity index (χ1n) is 10.1. The number of hydrogen-bond acceptors (Lipinski definition) is 2. The van der Waals surface area contributed by atoms with E-state index in [1.54, 1.807) is 0 Å². The molecular formula is C25H26N2O2. The molecule has 0 saturated heterocycles. The topological polar surface area (TPSA) is 41.6 Å². The molecular weight excluding hydrogens is 360 g/mol. The van der Waals surface area contributed by atoms with Crippen LogP contribution in [-0.2, 0) is 6.42 Å². The summed E-state index contributed by atoms with van der Waals surface area (Å²) in [6, 6.07) is 24.2. The second-order valence-electron chi connectivity index (χ2n) is 7.31. The molecule has 2 amide bonds. The molecule has 3 aromatic rings. The monoisotopic (exact) mass is 386 g/mol. The molecule has 3 aromatic carbocycles. The lowest BCUT2D eigenvalue weighted by Gasteiger charge is -2.37. The van der Waals surface area contributed by atoms with Crippen molar-refractivity contribution in [3.05, 3.63) is 95.1 Å². The van der Waals surface area contributed by atoms with Gasteiger partial charge in [-0.1, -0.05) is 66.2 Å². The quantitative estimate of drug-likeness (QED) is 0.636. The van der Waals surface area contributed by atoms with Gasteiger partial charge in [-0.05, 0) is 49.1 Å². The van der Waals surface area contributed by atoms with Gasteiger partial charge in [0.1, 0.15) is 5.75 Å². The Hall–Kier alpha value is -3.27. The lowest BCUT2D eigenvalue weighted by atomic mass is 9.88. The van der Waals surface area contributed by atoms with Crippen molar-refractivity contribution in [3.8, 4) is 5.75 Å². The van der Waals surface area contributed by atoms with Crippen molar-refractivity contribution in [1.29, 1.82) is 0 Å². The first kappa shape index (κ1) is 19.1. The first-order valence-corrected chi connectivity index (χ1v) is 10.1. The Morgan fingerprint density at radius 1 is 1.03 bits per heavy atom. The number of aryl methyl sites for hydroxylation is 1. The number of nitrogens with zero attached hydrogens (tertiary/aromatic N) is 1. The van der Waals surface area contributed by atoms with Crippen molar-refractivity contribution in [3.63, 3.8) is 0 Å². The van der Waals surface area contributed by atoms with Crippen molar-refractivity contribution in [1.82, 2.24) is 4.90 Å². The van der Waals surface area contributed by atoms with E-state index in [-0.39, 0.29) is 12.1 Å². The summed E-state index contributed by atoms with van der Waals surface area (Å²) < 4.78 is 5.67. The van der Waals surface area contributed by atoms with Gasteiger partial charge in [0.15, 0.2) is 0 Å². The van der Waals surface area contributed by atoms with E-state index in [1.807, 2.05) is 42.2 Å². The number of hydrogen-bond donors (Lipinski definition) is 1. The van der Waals surface area contributed by atoms with Gasteiger partial charge in [-0.3, -0.25) is 0 Å². The highest BCUT2D eigenvalue weighted by molar-refractivity contribution is 5.91. The van der Waals surface area contributed by atoms with Gasteiger partial charge in [-0.25, -0.2) is 4.79 Å². The van der Waals surface area contributed by atoms with Crippen LogP contribution in [0.4, 0.5) is 10.5 Å². The number of nitrogens with one attached hydrogen (secondary N) is 1. The van der Waals surface area contributed by atoms with Crippen molar-refractivity contribution in [2.24, 2.45) is 0 Å². The number of rotatable bonds is 4. The molecule has 148 valence electrons. The van der Waals surface area contributed by atoms with Crippen LogP contribution in [0.5, 0.6) is 5.75 Å². The van der Waals surface area contributed by atoms with Crippen LogP contribution < -0.4 is 10.1 Å². The van der Waals surface area contributed by atoms with Crippen LogP contribution in [0, 0.1) is 6.92 Å². The van der Waals surface area contributed by atoms with E-state index in [0.29, 0.717) is 24.6 Å². The van der Waals surface area contributed by atoms with Gasteiger partial charge < -0.3 is 15.0 Å². The zero-order valence-corrected chi connectivity index (χ0v) is 16.9. The Labute approximate surface area is 172 Å². The van der Waals surface area contributed by atoms with E-state index in [4.69, 9.17) is 4.74 Å². The smallest absolute Gasteiger partial charge is 0.322 e. The highest BCUT2D eigenvalue weighted by Gasteiger charge is 2.32. The molecule has 1 N–H and O–H groups in total. The molecule has 0 saturated carbocycles. The number of ether oxygens (including phenoxy) is 1. The summed E-state index contributed by atoms with van der Waals surface area (Å²) in [5.41, 5.74) is 5.52. The second kappa shape index (κ2) is 8.39. The number of carbonyl (C=O) groups excluding carboxylic acids is 1. The van der Waals surface area contributed by atoms with Crippen LogP contribution >= 0.6 is 0 Å². The van der Waals surface area contributed by atoms with Crippen LogP contribution in [0.1, 0.15) is 35.2 Å². The molecule has 4 rings (SSSR count). The van der Waals surface area contributed by atoms with Crippen molar-refractivity contribution in [2.75, 3.05) is 18.5 Å².